The fraction of sp³-hybridized carbons (Fsp3) is 0.176. The zero-order valence-electron chi connectivity index (χ0n) is 11.7. The summed E-state index contributed by atoms with van der Waals surface area (Å²) in [5.41, 5.74) is 1.98. The van der Waals surface area contributed by atoms with Gasteiger partial charge in [0.1, 0.15) is 11.5 Å². The van der Waals surface area contributed by atoms with Gasteiger partial charge < -0.3 is 9.32 Å². The first-order valence-electron chi connectivity index (χ1n) is 6.64. The van der Waals surface area contributed by atoms with Crippen LogP contribution in [0.3, 0.4) is 0 Å². The maximum Gasteiger partial charge on any atom is 0.181 e. The summed E-state index contributed by atoms with van der Waals surface area (Å²) in [5.74, 6) is 3.22. The van der Waals surface area contributed by atoms with Gasteiger partial charge in [-0.2, -0.15) is 0 Å². The van der Waals surface area contributed by atoms with Crippen molar-refractivity contribution in [3.05, 3.63) is 73.6 Å². The molecule has 101 valence electrons. The van der Waals surface area contributed by atoms with Crippen LogP contribution in [0.15, 0.2) is 41.1 Å². The summed E-state index contributed by atoms with van der Waals surface area (Å²) in [6.45, 7) is 0.886. The van der Waals surface area contributed by atoms with Gasteiger partial charge in [0.05, 0.1) is 5.92 Å². The third kappa shape index (κ3) is 2.63. The lowest BCUT2D eigenvalue weighted by Crippen LogP contribution is -2.22. The van der Waals surface area contributed by atoms with Crippen molar-refractivity contribution in [3.63, 3.8) is 0 Å². The lowest BCUT2D eigenvalue weighted by atomic mass is 9.91. The first-order valence-corrected chi connectivity index (χ1v) is 6.64. The van der Waals surface area contributed by atoms with Crippen LogP contribution < -0.4 is 0 Å². The van der Waals surface area contributed by atoms with E-state index >= 15 is 0 Å². The molecule has 5 radical (unpaired) electrons. The maximum atomic E-state index is 5.66. The van der Waals surface area contributed by atoms with E-state index in [0.29, 0.717) is 0 Å². The Bertz CT molecular complexity index is 547. The first kappa shape index (κ1) is 13.4. The molecule has 3 rings (SSSR count). The second kappa shape index (κ2) is 5.80. The molecule has 0 aliphatic heterocycles. The third-order valence-corrected chi connectivity index (χ3v) is 3.25. The van der Waals surface area contributed by atoms with Crippen LogP contribution in [0.5, 0.6) is 0 Å². The van der Waals surface area contributed by atoms with Crippen LogP contribution in [-0.4, -0.2) is 30.5 Å². The van der Waals surface area contributed by atoms with E-state index < -0.39 is 0 Å². The Balaban J connectivity index is 1.89. The SMILES string of the molecule is CN(C)C[C]1[CH][CH][CH][C]1c1ocnc1-c1ccccc1. The Hall–Kier alpha value is -1.61. The van der Waals surface area contributed by atoms with Crippen LogP contribution in [0, 0.1) is 31.1 Å². The van der Waals surface area contributed by atoms with Gasteiger partial charge in [0.25, 0.3) is 0 Å². The van der Waals surface area contributed by atoms with Gasteiger partial charge in [-0.3, -0.25) is 0 Å². The third-order valence-electron chi connectivity index (χ3n) is 3.25. The van der Waals surface area contributed by atoms with Gasteiger partial charge in [-0.25, -0.2) is 4.98 Å². The van der Waals surface area contributed by atoms with Crippen molar-refractivity contribution >= 4 is 0 Å². The molecule has 2 aromatic rings. The van der Waals surface area contributed by atoms with Gasteiger partial charge in [-0.05, 0) is 33.4 Å². The Labute approximate surface area is 120 Å². The molecule has 0 unspecified atom stereocenters. The Kier molecular flexibility index (Phi) is 3.88. The van der Waals surface area contributed by atoms with E-state index in [0.717, 1.165) is 29.5 Å². The molecule has 0 spiro atoms. The highest BCUT2D eigenvalue weighted by atomic mass is 16.3. The maximum absolute atomic E-state index is 5.66. The summed E-state index contributed by atoms with van der Waals surface area (Å²) in [6, 6.07) is 10.1. The highest BCUT2D eigenvalue weighted by Gasteiger charge is 2.35. The van der Waals surface area contributed by atoms with E-state index in [1.165, 1.54) is 12.3 Å². The van der Waals surface area contributed by atoms with Crippen LogP contribution in [0.4, 0.5) is 0 Å². The van der Waals surface area contributed by atoms with Crippen molar-refractivity contribution in [2.24, 2.45) is 0 Å². The van der Waals surface area contributed by atoms with Gasteiger partial charge in [0.2, 0.25) is 0 Å². The van der Waals surface area contributed by atoms with Gasteiger partial charge in [0, 0.05) is 18.0 Å². The molecule has 0 atom stereocenters. The number of hydrogen-bond acceptors (Lipinski definition) is 3. The van der Waals surface area contributed by atoms with Crippen molar-refractivity contribution in [1.29, 1.82) is 0 Å². The average Bonchev–Trinajstić information content (AvgIpc) is 3.07. The van der Waals surface area contributed by atoms with Gasteiger partial charge in [-0.1, -0.05) is 30.3 Å². The van der Waals surface area contributed by atoms with Gasteiger partial charge >= 0.3 is 0 Å². The summed E-state index contributed by atoms with van der Waals surface area (Å²) in [6.07, 6.45) is 7.80. The smallest absolute Gasteiger partial charge is 0.181 e. The van der Waals surface area contributed by atoms with Gasteiger partial charge in [-0.15, -0.1) is 0 Å². The van der Waals surface area contributed by atoms with Crippen molar-refractivity contribution in [2.45, 2.75) is 0 Å². The summed E-state index contributed by atoms with van der Waals surface area (Å²) in [5, 5.41) is 0. The molecule has 1 fully saturated rings. The molecule has 1 aromatic carbocycles. The van der Waals surface area contributed by atoms with E-state index in [9.17, 15) is 0 Å². The van der Waals surface area contributed by atoms with Crippen LogP contribution in [-0.2, 0) is 0 Å². The Morgan fingerprint density at radius 3 is 2.65 bits per heavy atom. The van der Waals surface area contributed by atoms with Crippen LogP contribution in [0.2, 0.25) is 0 Å². The second-order valence-electron chi connectivity index (χ2n) is 5.10. The fourth-order valence-electron chi connectivity index (χ4n) is 2.40. The number of benzene rings is 1. The summed E-state index contributed by atoms with van der Waals surface area (Å²) in [4.78, 5) is 6.53. The molecule has 3 heteroatoms. The Morgan fingerprint density at radius 1 is 1.10 bits per heavy atom. The molecule has 0 saturated heterocycles. The number of oxazole rings is 1. The molecular weight excluding hydrogens is 248 g/mol. The molecule has 1 aliphatic rings. The number of hydrogen-bond donors (Lipinski definition) is 0. The minimum atomic E-state index is 0.845. The van der Waals surface area contributed by atoms with Crippen molar-refractivity contribution in [3.8, 4) is 11.3 Å². The van der Waals surface area contributed by atoms with Crippen LogP contribution >= 0.6 is 0 Å². The first-order chi connectivity index (χ1) is 9.75. The molecule has 0 amide bonds. The second-order valence-corrected chi connectivity index (χ2v) is 5.10. The van der Waals surface area contributed by atoms with Crippen molar-refractivity contribution in [1.82, 2.24) is 9.88 Å². The van der Waals surface area contributed by atoms with Crippen molar-refractivity contribution < 1.29 is 4.42 Å². The molecule has 1 heterocycles. The minimum absolute atomic E-state index is 0.845. The summed E-state index contributed by atoms with van der Waals surface area (Å²) in [7, 11) is 4.13. The quantitative estimate of drug-likeness (QED) is 0.851. The minimum Gasteiger partial charge on any atom is -0.447 e. The summed E-state index contributed by atoms with van der Waals surface area (Å²) < 4.78 is 5.66. The molecule has 1 saturated carbocycles. The lowest BCUT2D eigenvalue weighted by molar-refractivity contribution is 0.424. The number of aromatic nitrogens is 1. The normalized spacial score (nSPS) is 17.1. The van der Waals surface area contributed by atoms with Crippen molar-refractivity contribution in [2.75, 3.05) is 20.6 Å². The predicted molar refractivity (Wildman–Crippen MR) is 79.0 cm³/mol. The fourth-order valence-corrected chi connectivity index (χ4v) is 2.40. The highest BCUT2D eigenvalue weighted by Crippen LogP contribution is 2.41. The molecule has 3 nitrogen and oxygen atoms in total. The van der Waals surface area contributed by atoms with E-state index in [1.54, 1.807) is 0 Å². The zero-order valence-corrected chi connectivity index (χ0v) is 11.7. The lowest BCUT2D eigenvalue weighted by Gasteiger charge is -2.20. The molecule has 1 aromatic heterocycles. The largest absolute Gasteiger partial charge is 0.447 e. The number of nitrogens with zero attached hydrogens (tertiary/aromatic N) is 2. The van der Waals surface area contributed by atoms with E-state index in [2.05, 4.69) is 55.4 Å². The topological polar surface area (TPSA) is 29.3 Å². The van der Waals surface area contributed by atoms with Crippen LogP contribution in [0.1, 0.15) is 5.76 Å². The monoisotopic (exact) mass is 265 g/mol. The standard InChI is InChI=1S/C17H17N2O/c1-19(2)11-14-9-6-10-15(14)17-16(18-12-20-17)13-7-4-3-5-8-13/h3-10,12H,11H2,1-2H3. The van der Waals surface area contributed by atoms with E-state index in [1.807, 2.05) is 18.2 Å². The number of rotatable bonds is 4. The predicted octanol–water partition coefficient (Wildman–Crippen LogP) is 3.03. The van der Waals surface area contributed by atoms with E-state index in [-0.39, 0.29) is 0 Å². The Morgan fingerprint density at radius 2 is 1.90 bits per heavy atom. The average molecular weight is 265 g/mol. The molecule has 20 heavy (non-hydrogen) atoms. The zero-order chi connectivity index (χ0) is 13.9. The van der Waals surface area contributed by atoms with Crippen LogP contribution in [0.25, 0.3) is 11.3 Å². The van der Waals surface area contributed by atoms with E-state index in [4.69, 9.17) is 4.42 Å². The molecule has 0 N–H and O–H groups in total. The summed E-state index contributed by atoms with van der Waals surface area (Å²) >= 11 is 0. The molecular formula is C17H17N2O. The van der Waals surface area contributed by atoms with Gasteiger partial charge in [0.15, 0.2) is 6.39 Å². The molecule has 1 aliphatic carbocycles. The highest BCUT2D eigenvalue weighted by molar-refractivity contribution is 5.68. The molecule has 0 bridgehead atoms.